The lowest BCUT2D eigenvalue weighted by molar-refractivity contribution is -0.123. The molecule has 1 atom stereocenters. The van der Waals surface area contributed by atoms with Crippen molar-refractivity contribution >= 4 is 40.3 Å². The summed E-state index contributed by atoms with van der Waals surface area (Å²) in [6.45, 7) is 8.21. The van der Waals surface area contributed by atoms with Gasteiger partial charge in [-0.25, -0.2) is 4.68 Å². The molecule has 0 bridgehead atoms. The number of rotatable bonds is 8. The van der Waals surface area contributed by atoms with E-state index >= 15 is 0 Å². The minimum Gasteiger partial charge on any atom is -0.493 e. The number of thiocarbonyl (C=S) groups is 1. The van der Waals surface area contributed by atoms with Crippen LogP contribution in [-0.2, 0) is 9.53 Å². The third-order valence-corrected chi connectivity index (χ3v) is 7.82. The highest BCUT2D eigenvalue weighted by molar-refractivity contribution is 8.26. The largest absolute Gasteiger partial charge is 0.493 e. The summed E-state index contributed by atoms with van der Waals surface area (Å²) < 4.78 is 14.3. The summed E-state index contributed by atoms with van der Waals surface area (Å²) in [5.41, 5.74) is 4.57. The Hall–Kier alpha value is -2.94. The molecule has 0 radical (unpaired) electrons. The van der Waals surface area contributed by atoms with E-state index in [1.165, 1.54) is 11.8 Å². The SMILES string of the molecule is Cc1c(OCC(C)C)cccc1-c1nn(-c2ccccc2)cc1/C=C1\SC(=S)N(C[C@@H]2CCCO2)C1=O. The summed E-state index contributed by atoms with van der Waals surface area (Å²) in [6.07, 6.45) is 5.92. The van der Waals surface area contributed by atoms with Gasteiger partial charge in [0.2, 0.25) is 0 Å². The molecule has 2 aromatic carbocycles. The second-order valence-corrected chi connectivity index (χ2v) is 11.4. The molecule has 1 aromatic heterocycles. The minimum absolute atomic E-state index is 0.0504. The van der Waals surface area contributed by atoms with Crippen molar-refractivity contribution in [2.24, 2.45) is 5.92 Å². The van der Waals surface area contributed by atoms with Gasteiger partial charge >= 0.3 is 0 Å². The Morgan fingerprint density at radius 1 is 1.22 bits per heavy atom. The van der Waals surface area contributed by atoms with E-state index in [2.05, 4.69) is 26.8 Å². The number of benzene rings is 2. The van der Waals surface area contributed by atoms with Crippen LogP contribution in [-0.4, -0.2) is 50.8 Å². The lowest BCUT2D eigenvalue weighted by Crippen LogP contribution is -2.35. The quantitative estimate of drug-likeness (QED) is 0.252. The number of hydrogen-bond acceptors (Lipinski definition) is 6. The Balaban J connectivity index is 1.53. The number of aromatic nitrogens is 2. The molecule has 2 saturated heterocycles. The molecule has 8 heteroatoms. The molecule has 2 fully saturated rings. The van der Waals surface area contributed by atoms with Crippen LogP contribution in [0.5, 0.6) is 5.75 Å². The van der Waals surface area contributed by atoms with Crippen LogP contribution < -0.4 is 4.74 Å². The van der Waals surface area contributed by atoms with Crippen molar-refractivity contribution in [2.75, 3.05) is 19.8 Å². The fraction of sp³-hybridized carbons (Fsp3) is 0.345. The summed E-state index contributed by atoms with van der Waals surface area (Å²) in [7, 11) is 0. The number of thioether (sulfide) groups is 1. The fourth-order valence-corrected chi connectivity index (χ4v) is 5.76. The average Bonchev–Trinajstić information content (AvgIpc) is 3.61. The molecular weight excluding hydrogens is 502 g/mol. The van der Waals surface area contributed by atoms with E-state index in [0.29, 0.717) is 28.3 Å². The van der Waals surface area contributed by atoms with Crippen LogP contribution in [0.15, 0.2) is 59.6 Å². The van der Waals surface area contributed by atoms with Crippen LogP contribution in [0.4, 0.5) is 0 Å². The predicted molar refractivity (Wildman–Crippen MR) is 153 cm³/mol. The molecule has 6 nitrogen and oxygen atoms in total. The maximum atomic E-state index is 13.3. The zero-order valence-electron chi connectivity index (χ0n) is 21.3. The highest BCUT2D eigenvalue weighted by atomic mass is 32.2. The molecule has 0 N–H and O–H groups in total. The molecule has 3 heterocycles. The first-order valence-corrected chi connectivity index (χ1v) is 13.9. The molecule has 0 aliphatic carbocycles. The topological polar surface area (TPSA) is 56.6 Å². The van der Waals surface area contributed by atoms with Gasteiger partial charge < -0.3 is 9.47 Å². The van der Waals surface area contributed by atoms with Crippen molar-refractivity contribution in [3.05, 3.63) is 70.8 Å². The van der Waals surface area contributed by atoms with E-state index in [4.69, 9.17) is 26.8 Å². The molecule has 0 unspecified atom stereocenters. The Labute approximate surface area is 227 Å². The maximum absolute atomic E-state index is 13.3. The number of nitrogens with zero attached hydrogens (tertiary/aromatic N) is 3. The summed E-state index contributed by atoms with van der Waals surface area (Å²) >= 11 is 6.92. The third-order valence-electron chi connectivity index (χ3n) is 6.45. The second-order valence-electron chi connectivity index (χ2n) is 9.77. The zero-order valence-corrected chi connectivity index (χ0v) is 23.0. The smallest absolute Gasteiger partial charge is 0.266 e. The summed E-state index contributed by atoms with van der Waals surface area (Å²) in [4.78, 5) is 15.6. The molecule has 1 amide bonds. The molecule has 3 aromatic rings. The van der Waals surface area contributed by atoms with Gasteiger partial charge in [0, 0.05) is 29.5 Å². The second kappa shape index (κ2) is 11.2. The standard InChI is InChI=1S/C29H31N3O3S2/c1-19(2)18-35-25-13-7-12-24(20(25)3)27-21(16-32(30-27)22-9-5-4-6-10-22)15-26-28(33)31(29(36)37-26)17-23-11-8-14-34-23/h4-7,9-10,12-13,15-16,19,23H,8,11,14,17-18H2,1-3H3/b26-15-/t23-/m0/s1. The van der Waals surface area contributed by atoms with E-state index in [9.17, 15) is 4.79 Å². The van der Waals surface area contributed by atoms with E-state index in [-0.39, 0.29) is 12.0 Å². The third kappa shape index (κ3) is 5.66. The van der Waals surface area contributed by atoms with Crippen molar-refractivity contribution in [2.45, 2.75) is 39.7 Å². The highest BCUT2D eigenvalue weighted by Gasteiger charge is 2.35. The van der Waals surface area contributed by atoms with Crippen molar-refractivity contribution < 1.29 is 14.3 Å². The molecule has 37 heavy (non-hydrogen) atoms. The van der Waals surface area contributed by atoms with Gasteiger partial charge in [-0.15, -0.1) is 0 Å². The summed E-state index contributed by atoms with van der Waals surface area (Å²) in [5, 5.41) is 4.97. The molecular formula is C29H31N3O3S2. The minimum atomic E-state index is -0.0744. The average molecular weight is 534 g/mol. The van der Waals surface area contributed by atoms with Crippen LogP contribution >= 0.6 is 24.0 Å². The first kappa shape index (κ1) is 25.7. The normalized spacial score (nSPS) is 19.0. The van der Waals surface area contributed by atoms with E-state index in [0.717, 1.165) is 53.3 Å². The van der Waals surface area contributed by atoms with Gasteiger partial charge in [0.1, 0.15) is 15.8 Å². The van der Waals surface area contributed by atoms with E-state index in [1.807, 2.05) is 59.4 Å². The maximum Gasteiger partial charge on any atom is 0.266 e. The number of carbonyl (C=O) groups excluding carboxylic acids is 1. The predicted octanol–water partition coefficient (Wildman–Crippen LogP) is 6.26. The fourth-order valence-electron chi connectivity index (χ4n) is 4.49. The van der Waals surface area contributed by atoms with Gasteiger partial charge in [-0.3, -0.25) is 9.69 Å². The van der Waals surface area contributed by atoms with E-state index < -0.39 is 0 Å². The number of para-hydroxylation sites is 1. The summed E-state index contributed by atoms with van der Waals surface area (Å²) in [5.74, 6) is 1.19. The van der Waals surface area contributed by atoms with Crippen molar-refractivity contribution in [3.63, 3.8) is 0 Å². The van der Waals surface area contributed by atoms with E-state index in [1.54, 1.807) is 4.90 Å². The lowest BCUT2D eigenvalue weighted by atomic mass is 10.0. The number of ether oxygens (including phenoxy) is 2. The zero-order chi connectivity index (χ0) is 25.9. The van der Waals surface area contributed by atoms with Crippen LogP contribution in [0.2, 0.25) is 0 Å². The lowest BCUT2D eigenvalue weighted by Gasteiger charge is -2.18. The molecule has 2 aliphatic rings. The van der Waals surface area contributed by atoms with Crippen LogP contribution in [0.1, 0.15) is 37.8 Å². The van der Waals surface area contributed by atoms with Gasteiger partial charge in [0.25, 0.3) is 5.91 Å². The molecule has 5 rings (SSSR count). The van der Waals surface area contributed by atoms with Crippen molar-refractivity contribution in [1.29, 1.82) is 0 Å². The van der Waals surface area contributed by atoms with Crippen LogP contribution in [0.3, 0.4) is 0 Å². The Bertz CT molecular complexity index is 1330. The van der Waals surface area contributed by atoms with Crippen LogP contribution in [0.25, 0.3) is 23.0 Å². The van der Waals surface area contributed by atoms with Gasteiger partial charge in [0.05, 0.1) is 29.8 Å². The van der Waals surface area contributed by atoms with Gasteiger partial charge in [-0.05, 0) is 50.0 Å². The van der Waals surface area contributed by atoms with Crippen molar-refractivity contribution in [1.82, 2.24) is 14.7 Å². The Morgan fingerprint density at radius 3 is 2.76 bits per heavy atom. The van der Waals surface area contributed by atoms with Crippen molar-refractivity contribution in [3.8, 4) is 22.7 Å². The Morgan fingerprint density at radius 2 is 2.03 bits per heavy atom. The molecule has 0 spiro atoms. The molecule has 192 valence electrons. The number of amides is 1. The number of carbonyl (C=O) groups is 1. The molecule has 2 aliphatic heterocycles. The van der Waals surface area contributed by atoms with Gasteiger partial charge in [-0.1, -0.05) is 68.2 Å². The van der Waals surface area contributed by atoms with Gasteiger partial charge in [-0.2, -0.15) is 5.10 Å². The highest BCUT2D eigenvalue weighted by Crippen LogP contribution is 2.37. The number of hydrogen-bond donors (Lipinski definition) is 0. The monoisotopic (exact) mass is 533 g/mol. The Kier molecular flexibility index (Phi) is 7.79. The van der Waals surface area contributed by atoms with Crippen LogP contribution in [0, 0.1) is 12.8 Å². The first-order chi connectivity index (χ1) is 17.9. The summed E-state index contributed by atoms with van der Waals surface area (Å²) in [6, 6.07) is 16.0. The van der Waals surface area contributed by atoms with Gasteiger partial charge in [0.15, 0.2) is 0 Å². The first-order valence-electron chi connectivity index (χ1n) is 12.7. The molecule has 0 saturated carbocycles.